The Morgan fingerprint density at radius 3 is 2.60 bits per heavy atom. The van der Waals surface area contributed by atoms with Gasteiger partial charge in [-0.3, -0.25) is 9.97 Å². The van der Waals surface area contributed by atoms with Crippen LogP contribution in [0.4, 0.5) is 0 Å². The van der Waals surface area contributed by atoms with E-state index in [1.54, 1.807) is 12.4 Å². The van der Waals surface area contributed by atoms with Crippen molar-refractivity contribution in [2.75, 3.05) is 19.8 Å². The lowest BCUT2D eigenvalue weighted by atomic mass is 9.90. The Balaban J connectivity index is 1.42. The van der Waals surface area contributed by atoms with E-state index in [-0.39, 0.29) is 6.04 Å². The molecule has 0 spiro atoms. The number of morpholine rings is 1. The highest BCUT2D eigenvalue weighted by molar-refractivity contribution is 5.64. The van der Waals surface area contributed by atoms with E-state index >= 15 is 0 Å². The van der Waals surface area contributed by atoms with Gasteiger partial charge in [-0.25, -0.2) is 4.98 Å². The van der Waals surface area contributed by atoms with E-state index in [1.807, 2.05) is 57.2 Å². The first kappa shape index (κ1) is 22.8. The Labute approximate surface area is 203 Å². The van der Waals surface area contributed by atoms with Gasteiger partial charge in [-0.1, -0.05) is 12.1 Å². The molecule has 0 radical (unpaired) electrons. The second-order valence-electron chi connectivity index (χ2n) is 8.97. The molecule has 5 rings (SSSR count). The normalized spacial score (nSPS) is 16.1. The summed E-state index contributed by atoms with van der Waals surface area (Å²) >= 11 is 0. The highest BCUT2D eigenvalue weighted by Crippen LogP contribution is 2.29. The van der Waals surface area contributed by atoms with Crippen molar-refractivity contribution in [2.24, 2.45) is 0 Å². The lowest BCUT2D eigenvalue weighted by Crippen LogP contribution is -2.34. The van der Waals surface area contributed by atoms with E-state index < -0.39 is 5.41 Å². The second-order valence-corrected chi connectivity index (χ2v) is 8.97. The molecular weight excluding hydrogens is 442 g/mol. The van der Waals surface area contributed by atoms with Crippen LogP contribution in [0.2, 0.25) is 0 Å². The summed E-state index contributed by atoms with van der Waals surface area (Å²) in [6, 6.07) is 14.2. The standard InChI is InChI=1S/C26H25N7O2/c1-16-23(31-20(13-30-16)19-8-9-29-22(12-19)26(2,3)15-27)25-33-32-24(35-25)18-6-4-17(5-7-18)21-14-34-11-10-28-21/h4-9,12-13,21,28H,10-11,14H2,1-3H3. The molecule has 1 N–H and O–H groups in total. The van der Waals surface area contributed by atoms with Crippen molar-refractivity contribution in [3.8, 4) is 40.4 Å². The van der Waals surface area contributed by atoms with Gasteiger partial charge in [0.25, 0.3) is 5.89 Å². The van der Waals surface area contributed by atoms with Gasteiger partial charge in [-0.05, 0) is 50.6 Å². The maximum Gasteiger partial charge on any atom is 0.268 e. The molecular formula is C26H25N7O2. The summed E-state index contributed by atoms with van der Waals surface area (Å²) in [5.74, 6) is 0.706. The highest BCUT2D eigenvalue weighted by atomic mass is 16.5. The number of hydrogen-bond acceptors (Lipinski definition) is 9. The van der Waals surface area contributed by atoms with E-state index in [1.165, 1.54) is 0 Å². The van der Waals surface area contributed by atoms with Crippen LogP contribution < -0.4 is 5.32 Å². The maximum atomic E-state index is 9.46. The fourth-order valence-corrected chi connectivity index (χ4v) is 3.85. The molecule has 1 fully saturated rings. The van der Waals surface area contributed by atoms with E-state index in [4.69, 9.17) is 14.1 Å². The zero-order valence-electron chi connectivity index (χ0n) is 19.8. The SMILES string of the molecule is Cc1ncc(-c2ccnc(C(C)(C)C#N)c2)nc1-c1nnc(-c2ccc(C3COCCN3)cc2)o1. The van der Waals surface area contributed by atoms with Crippen LogP contribution in [0.3, 0.4) is 0 Å². The minimum absolute atomic E-state index is 0.184. The summed E-state index contributed by atoms with van der Waals surface area (Å²) in [6.45, 7) is 7.75. The maximum absolute atomic E-state index is 9.46. The fourth-order valence-electron chi connectivity index (χ4n) is 3.85. The van der Waals surface area contributed by atoms with Gasteiger partial charge in [0, 0.05) is 23.9 Å². The van der Waals surface area contributed by atoms with Crippen molar-refractivity contribution in [1.82, 2.24) is 30.5 Å². The molecule has 0 saturated carbocycles. The van der Waals surface area contributed by atoms with Crippen LogP contribution in [0.1, 0.15) is 36.8 Å². The van der Waals surface area contributed by atoms with Gasteiger partial charge in [0.15, 0.2) is 0 Å². The van der Waals surface area contributed by atoms with Crippen LogP contribution in [0.15, 0.2) is 53.2 Å². The van der Waals surface area contributed by atoms with Crippen molar-refractivity contribution >= 4 is 0 Å². The van der Waals surface area contributed by atoms with Crippen LogP contribution in [-0.4, -0.2) is 44.9 Å². The summed E-state index contributed by atoms with van der Waals surface area (Å²) in [6.07, 6.45) is 3.37. The van der Waals surface area contributed by atoms with Gasteiger partial charge in [-0.15, -0.1) is 10.2 Å². The van der Waals surface area contributed by atoms with Gasteiger partial charge in [0.05, 0.1) is 54.0 Å². The van der Waals surface area contributed by atoms with Crippen molar-refractivity contribution in [1.29, 1.82) is 5.26 Å². The van der Waals surface area contributed by atoms with Gasteiger partial charge in [-0.2, -0.15) is 5.26 Å². The molecule has 9 heteroatoms. The van der Waals surface area contributed by atoms with E-state index in [9.17, 15) is 5.26 Å². The number of hydrogen-bond donors (Lipinski definition) is 1. The Morgan fingerprint density at radius 2 is 1.86 bits per heavy atom. The number of nitrogens with zero attached hydrogens (tertiary/aromatic N) is 6. The molecule has 1 saturated heterocycles. The summed E-state index contributed by atoms with van der Waals surface area (Å²) in [4.78, 5) is 13.6. The van der Waals surface area contributed by atoms with Crippen LogP contribution in [0.25, 0.3) is 34.3 Å². The predicted octanol–water partition coefficient (Wildman–Crippen LogP) is 4.03. The number of benzene rings is 1. The van der Waals surface area contributed by atoms with Crippen LogP contribution in [0, 0.1) is 18.3 Å². The number of aryl methyl sites for hydroxylation is 1. The van der Waals surface area contributed by atoms with Crippen molar-refractivity contribution in [2.45, 2.75) is 32.2 Å². The minimum atomic E-state index is -0.714. The molecule has 4 aromatic rings. The lowest BCUT2D eigenvalue weighted by molar-refractivity contribution is 0.0769. The molecule has 1 atom stereocenters. The third kappa shape index (κ3) is 4.67. The van der Waals surface area contributed by atoms with Gasteiger partial charge in [0.2, 0.25) is 5.89 Å². The highest BCUT2D eigenvalue weighted by Gasteiger charge is 2.23. The molecule has 0 aliphatic carbocycles. The zero-order valence-corrected chi connectivity index (χ0v) is 19.8. The summed E-state index contributed by atoms with van der Waals surface area (Å²) in [5.41, 5.74) is 4.56. The van der Waals surface area contributed by atoms with Crippen LogP contribution >= 0.6 is 0 Å². The number of nitrogens with one attached hydrogen (secondary N) is 1. The Hall–Kier alpha value is -4.00. The zero-order chi connectivity index (χ0) is 24.4. The number of pyridine rings is 1. The van der Waals surface area contributed by atoms with Crippen molar-refractivity contribution in [3.05, 3.63) is 65.7 Å². The molecule has 176 valence electrons. The second kappa shape index (κ2) is 9.33. The van der Waals surface area contributed by atoms with Crippen LogP contribution in [0.5, 0.6) is 0 Å². The molecule has 1 unspecified atom stereocenters. The lowest BCUT2D eigenvalue weighted by Gasteiger charge is -2.24. The van der Waals surface area contributed by atoms with Gasteiger partial charge < -0.3 is 14.5 Å². The van der Waals surface area contributed by atoms with Crippen molar-refractivity contribution in [3.63, 3.8) is 0 Å². The number of nitriles is 1. The molecule has 35 heavy (non-hydrogen) atoms. The van der Waals surface area contributed by atoms with Gasteiger partial charge in [0.1, 0.15) is 5.69 Å². The average molecular weight is 468 g/mol. The first-order chi connectivity index (χ1) is 16.9. The largest absolute Gasteiger partial charge is 0.415 e. The minimum Gasteiger partial charge on any atom is -0.415 e. The molecule has 0 amide bonds. The van der Waals surface area contributed by atoms with Gasteiger partial charge >= 0.3 is 0 Å². The summed E-state index contributed by atoms with van der Waals surface area (Å²) in [7, 11) is 0. The first-order valence-corrected chi connectivity index (χ1v) is 11.4. The number of rotatable bonds is 5. The third-order valence-corrected chi connectivity index (χ3v) is 6.04. The predicted molar refractivity (Wildman–Crippen MR) is 129 cm³/mol. The Bertz CT molecular complexity index is 1380. The molecule has 3 aromatic heterocycles. The third-order valence-electron chi connectivity index (χ3n) is 6.04. The number of ether oxygens (including phenoxy) is 1. The Morgan fingerprint density at radius 1 is 1.06 bits per heavy atom. The molecule has 1 aromatic carbocycles. The average Bonchev–Trinajstić information content (AvgIpc) is 3.40. The van der Waals surface area contributed by atoms with Crippen molar-refractivity contribution < 1.29 is 9.15 Å². The Kier molecular flexibility index (Phi) is 6.07. The molecule has 1 aliphatic heterocycles. The summed E-state index contributed by atoms with van der Waals surface area (Å²) in [5, 5.41) is 21.4. The number of aromatic nitrogens is 5. The quantitative estimate of drug-likeness (QED) is 0.463. The van der Waals surface area contributed by atoms with Crippen LogP contribution in [-0.2, 0) is 10.2 Å². The monoisotopic (exact) mass is 467 g/mol. The van der Waals surface area contributed by atoms with E-state index in [2.05, 4.69) is 31.6 Å². The molecule has 9 nitrogen and oxygen atoms in total. The summed E-state index contributed by atoms with van der Waals surface area (Å²) < 4.78 is 11.5. The molecule has 1 aliphatic rings. The molecule has 0 bridgehead atoms. The topological polar surface area (TPSA) is 123 Å². The first-order valence-electron chi connectivity index (χ1n) is 11.4. The molecule has 4 heterocycles. The fraction of sp³-hybridized carbons (Fsp3) is 0.308. The van der Waals surface area contributed by atoms with E-state index in [0.29, 0.717) is 41.2 Å². The smallest absolute Gasteiger partial charge is 0.268 e. The van der Waals surface area contributed by atoms with E-state index in [0.717, 1.165) is 29.8 Å².